The Hall–Kier alpha value is -9.43. The minimum absolute atomic E-state index is 0.0948. The van der Waals surface area contributed by atoms with Crippen molar-refractivity contribution in [1.29, 1.82) is 5.26 Å². The van der Waals surface area contributed by atoms with Crippen molar-refractivity contribution in [3.05, 3.63) is 234 Å². The Kier molecular flexibility index (Phi) is 30.9. The van der Waals surface area contributed by atoms with E-state index in [1.165, 1.54) is 6.92 Å². The summed E-state index contributed by atoms with van der Waals surface area (Å²) in [7, 11) is -21.9. The Bertz CT molecular complexity index is 6890. The number of carbonyl (C=O) groups is 1. The average molecular weight is 1880 g/mol. The Morgan fingerprint density at radius 2 is 0.654 bits per heavy atom. The number of Topliss-reactive ketones (excluding diaryl/α,β-unsaturated/α-hetero) is 1. The number of aromatic nitrogens is 3. The van der Waals surface area contributed by atoms with Gasteiger partial charge in [0, 0.05) is 68.0 Å². The van der Waals surface area contributed by atoms with Crippen molar-refractivity contribution in [3.8, 4) is 6.07 Å². The quantitative estimate of drug-likeness (QED) is 0.0309. The van der Waals surface area contributed by atoms with E-state index < -0.39 is 82.3 Å². The summed E-state index contributed by atoms with van der Waals surface area (Å²) >= 11 is 0. The smallest absolute Gasteiger partial charge is 0.259 e. The fourth-order valence-corrected chi connectivity index (χ4v) is 25.2. The summed E-state index contributed by atoms with van der Waals surface area (Å²) < 4.78 is 173. The molecule has 694 valence electrons. The molecule has 12 aromatic rings. The lowest BCUT2D eigenvalue weighted by Gasteiger charge is -2.38. The van der Waals surface area contributed by atoms with Crippen molar-refractivity contribution in [2.24, 2.45) is 0 Å². The van der Waals surface area contributed by atoms with Gasteiger partial charge in [-0.2, -0.15) is 14.7 Å². The van der Waals surface area contributed by atoms with E-state index in [9.17, 15) is 55.3 Å². The molecule has 1 saturated heterocycles. The van der Waals surface area contributed by atoms with Crippen LogP contribution in [0.25, 0.3) is 64.6 Å². The summed E-state index contributed by atoms with van der Waals surface area (Å²) in [5, 5.41) is 19.4. The first-order valence-corrected chi connectivity index (χ1v) is 53.1. The molecule has 4 aliphatic rings. The monoisotopic (exact) mass is 1880 g/mol. The van der Waals surface area contributed by atoms with Gasteiger partial charge in [-0.25, -0.2) is 84.3 Å². The second kappa shape index (κ2) is 39.8. The normalized spacial score (nSPS) is 15.9. The maximum absolute atomic E-state index is 12.8. The summed E-state index contributed by atoms with van der Waals surface area (Å²) in [6.45, 7) is 40.3. The molecule has 30 heteroatoms. The largest absolute Gasteiger partial charge is 0.377 e. The number of hydrogen-bond donors (Lipinski definition) is 6. The van der Waals surface area contributed by atoms with Crippen LogP contribution < -0.4 is 28.3 Å². The van der Waals surface area contributed by atoms with E-state index in [0.717, 1.165) is 90.3 Å². The van der Waals surface area contributed by atoms with Gasteiger partial charge in [0.05, 0.1) is 45.0 Å². The second-order valence-corrected chi connectivity index (χ2v) is 47.6. The first kappa shape index (κ1) is 101. The minimum atomic E-state index is -3.74. The first-order chi connectivity index (χ1) is 60.8. The SMILES string of the molecule is CC(=O)C1(NS(=O)(=O)c2ccc(C(C)C)c3ccccc23)CC1.CC(C)c1ccc(S(=O)(=O)NC2(C#N)CC2)c2ccccc12.CC(C)c1ccc(S(=O)(=O)NC2(C)COC2)c2ccccc12.CC(C)c1cnc(S(=O)(=O)NC(C)(C)C)c2ccccc12.CC(C)c1cnc(S(=O)(=O)NC2(C)CC2)c2ccccc12.CC[C@@H](C)NS(=O)(=O)c1ncc(C(C)C)c2ccccc12. The molecule has 24 nitrogen and oxygen atoms in total. The molecule has 4 heterocycles. The maximum atomic E-state index is 12.8. The van der Waals surface area contributed by atoms with E-state index in [2.05, 4.69) is 132 Å². The zero-order valence-electron chi connectivity index (χ0n) is 77.9. The number of rotatable bonds is 25. The summed E-state index contributed by atoms with van der Waals surface area (Å²) in [4.78, 5) is 25.3. The Balaban J connectivity index is 0.000000151. The van der Waals surface area contributed by atoms with E-state index >= 15 is 0 Å². The van der Waals surface area contributed by atoms with Gasteiger partial charge in [0.1, 0.15) is 5.54 Å². The molecule has 0 unspecified atom stereocenters. The standard InChI is InChI=1S/C18H21NO3S.C17H18N2O2S.C17H21NO3S.C16H20N2O2S.2C16H22N2O2S/c1-12(2)14-8-9-17(16-7-5-4-6-15(14)16)23(21,22)19-18(10-11-18)13(3)20;1-12(2)13-7-8-16(15-6-4-3-5-14(13)15)22(20,21)19-17(11-18)9-10-17;1-12(2)13-8-9-16(15-7-5-4-6-14(13)15)22(19,20)18-17(3)10-21-11-17;1-11(2)14-10-17-15(13-7-5-4-6-12(13)14)21(19,20)18-16(3)8-9-16;1-11(2)14-10-17-15(13-9-7-6-8-12(13)14)21(19,20)18-16(3,4)5;1-5-12(4)18-21(19,20)16-14-9-7-6-8-13(14)15(10-17-16)11(2)3/h4-9,12,19H,10-11H2,1-3H3;3-8,12,19H,9-10H2,1-2H3;4-9,12,18H,10-11H2,1-3H3;4-7,10-11,18H,8-9H2,1-3H3;6-11,18H,1-5H3;6-12,18H,5H2,1-4H3/t;;;;;12-/m.....1/s1. The van der Waals surface area contributed by atoms with Crippen LogP contribution in [0.15, 0.2) is 230 Å². The van der Waals surface area contributed by atoms with Gasteiger partial charge in [-0.1, -0.05) is 254 Å². The molecule has 3 aromatic heterocycles. The van der Waals surface area contributed by atoms with Crippen LogP contribution in [0.1, 0.15) is 252 Å². The number of hydrogen-bond acceptors (Lipinski definition) is 18. The molecule has 16 rings (SSSR count). The number of nitrogens with zero attached hydrogens (tertiary/aromatic N) is 4. The van der Waals surface area contributed by atoms with Crippen LogP contribution >= 0.6 is 0 Å². The number of benzene rings is 9. The first-order valence-electron chi connectivity index (χ1n) is 44.2. The number of fused-ring (bicyclic) bond motifs is 6. The van der Waals surface area contributed by atoms with E-state index in [0.29, 0.717) is 100 Å². The highest BCUT2D eigenvalue weighted by molar-refractivity contribution is 7.91. The number of carbonyl (C=O) groups excluding carboxylic acids is 1. The zero-order valence-corrected chi connectivity index (χ0v) is 82.8. The van der Waals surface area contributed by atoms with Gasteiger partial charge < -0.3 is 4.74 Å². The summed E-state index contributed by atoms with van der Waals surface area (Å²) in [5.74, 6) is 1.71. The van der Waals surface area contributed by atoms with Gasteiger partial charge in [-0.3, -0.25) is 4.79 Å². The molecule has 3 saturated carbocycles. The lowest BCUT2D eigenvalue weighted by molar-refractivity contribution is -0.119. The molecule has 1 aliphatic heterocycles. The van der Waals surface area contributed by atoms with Crippen molar-refractivity contribution in [1.82, 2.24) is 43.3 Å². The third kappa shape index (κ3) is 23.6. The van der Waals surface area contributed by atoms with Gasteiger partial charge in [-0.05, 0) is 213 Å². The number of sulfonamides is 6. The van der Waals surface area contributed by atoms with Crippen LogP contribution in [0.4, 0.5) is 0 Å². The van der Waals surface area contributed by atoms with Gasteiger partial charge >= 0.3 is 0 Å². The van der Waals surface area contributed by atoms with Crippen molar-refractivity contribution in [2.75, 3.05) is 13.2 Å². The number of nitriles is 1. The van der Waals surface area contributed by atoms with Crippen molar-refractivity contribution in [3.63, 3.8) is 0 Å². The van der Waals surface area contributed by atoms with Gasteiger partial charge in [0.25, 0.3) is 30.1 Å². The van der Waals surface area contributed by atoms with Crippen LogP contribution in [0.5, 0.6) is 0 Å². The highest BCUT2D eigenvalue weighted by Gasteiger charge is 2.51. The molecule has 1 atom stereocenters. The van der Waals surface area contributed by atoms with Crippen LogP contribution in [0, 0.1) is 11.3 Å². The molecule has 9 aromatic carbocycles. The van der Waals surface area contributed by atoms with E-state index in [-0.39, 0.29) is 48.2 Å². The third-order valence-corrected chi connectivity index (χ3v) is 33.3. The number of nitrogens with one attached hydrogen (secondary N) is 6. The number of ether oxygens (including phenoxy) is 1. The number of ketones is 1. The molecule has 130 heavy (non-hydrogen) atoms. The van der Waals surface area contributed by atoms with Crippen LogP contribution in [0.3, 0.4) is 0 Å². The fourth-order valence-electron chi connectivity index (χ4n) is 15.7. The Labute approximate surface area is 769 Å². The molecule has 0 bridgehead atoms. The Morgan fingerprint density at radius 1 is 0.369 bits per heavy atom. The topological polar surface area (TPSA) is 366 Å². The van der Waals surface area contributed by atoms with E-state index in [4.69, 9.17) is 10.00 Å². The molecular weight excluding hydrogens is 1760 g/mol. The van der Waals surface area contributed by atoms with E-state index in [1.807, 2.05) is 212 Å². The van der Waals surface area contributed by atoms with Gasteiger partial charge in [0.15, 0.2) is 20.9 Å². The molecule has 0 radical (unpaired) electrons. The molecule has 0 amide bonds. The highest BCUT2D eigenvalue weighted by atomic mass is 32.2. The lowest BCUT2D eigenvalue weighted by atomic mass is 9.96. The lowest BCUT2D eigenvalue weighted by Crippen LogP contribution is -2.59. The second-order valence-electron chi connectivity index (χ2n) is 37.9. The molecule has 3 aliphatic carbocycles. The summed E-state index contributed by atoms with van der Waals surface area (Å²) in [6.07, 6.45) is 9.84. The predicted molar refractivity (Wildman–Crippen MR) is 520 cm³/mol. The molecular formula is C100H124N10O14S6. The number of pyridine rings is 3. The Morgan fingerprint density at radius 3 is 0.923 bits per heavy atom. The minimum Gasteiger partial charge on any atom is -0.377 e. The fraction of sp³-hybridized carbons (Fsp3) is 0.410. The maximum Gasteiger partial charge on any atom is 0.259 e. The zero-order chi connectivity index (χ0) is 95.5. The summed E-state index contributed by atoms with van der Waals surface area (Å²) in [5.41, 5.74) is 3.45. The highest BCUT2D eigenvalue weighted by Crippen LogP contribution is 2.43. The summed E-state index contributed by atoms with van der Waals surface area (Å²) in [6, 6.07) is 58.0. The van der Waals surface area contributed by atoms with Gasteiger partial charge in [0.2, 0.25) is 30.1 Å². The molecule has 4 fully saturated rings. The average Bonchev–Trinajstić information content (AvgIpc) is 1.57. The van der Waals surface area contributed by atoms with Crippen LogP contribution in [-0.4, -0.2) is 118 Å². The van der Waals surface area contributed by atoms with Crippen LogP contribution in [0.2, 0.25) is 0 Å². The predicted octanol–water partition coefficient (Wildman–Crippen LogP) is 19.8. The van der Waals surface area contributed by atoms with E-state index in [1.54, 1.807) is 36.8 Å². The van der Waals surface area contributed by atoms with Crippen LogP contribution in [-0.2, 0) is 69.7 Å². The third-order valence-electron chi connectivity index (χ3n) is 23.5. The molecule has 6 N–H and O–H groups in total. The molecule has 0 spiro atoms. The van der Waals surface area contributed by atoms with Gasteiger partial charge in [-0.15, -0.1) is 0 Å². The van der Waals surface area contributed by atoms with Crippen molar-refractivity contribution < 1.29 is 60.0 Å². The van der Waals surface area contributed by atoms with Crippen molar-refractivity contribution >= 4 is 131 Å². The van der Waals surface area contributed by atoms with Crippen molar-refractivity contribution in [2.45, 2.75) is 282 Å².